The van der Waals surface area contributed by atoms with Gasteiger partial charge >= 0.3 is 0 Å². The molecule has 0 saturated carbocycles. The van der Waals surface area contributed by atoms with Crippen LogP contribution in [0.5, 0.6) is 0 Å². The van der Waals surface area contributed by atoms with Gasteiger partial charge < -0.3 is 16.2 Å². The van der Waals surface area contributed by atoms with Gasteiger partial charge in [0.1, 0.15) is 5.82 Å². The van der Waals surface area contributed by atoms with Crippen molar-refractivity contribution in [2.24, 2.45) is 0 Å². The zero-order valence-electron chi connectivity index (χ0n) is 12.9. The highest BCUT2D eigenvalue weighted by atomic mass is 16.3. The van der Waals surface area contributed by atoms with Crippen molar-refractivity contribution in [1.29, 1.82) is 0 Å². The fourth-order valence-corrected chi connectivity index (χ4v) is 2.88. The van der Waals surface area contributed by atoms with Crippen LogP contribution in [0.1, 0.15) is 38.2 Å². The number of hydrogen-bond acceptors (Lipinski definition) is 6. The molecule has 6 nitrogen and oxygen atoms in total. The van der Waals surface area contributed by atoms with E-state index in [1.165, 1.54) is 12.8 Å². The maximum Gasteiger partial charge on any atom is 0.221 e. The molecule has 4 N–H and O–H groups in total. The SMILES string of the molecule is CCc1cnc(N)nc1NCCCN1CCCC[C@H]1CO. The van der Waals surface area contributed by atoms with Crippen LogP contribution in [0.2, 0.25) is 0 Å². The number of hydrogen-bond donors (Lipinski definition) is 3. The van der Waals surface area contributed by atoms with Crippen LogP contribution in [0.15, 0.2) is 6.20 Å². The first kappa shape index (κ1) is 16.0. The summed E-state index contributed by atoms with van der Waals surface area (Å²) in [6.45, 7) is 5.33. The summed E-state index contributed by atoms with van der Waals surface area (Å²) in [5.74, 6) is 1.16. The van der Waals surface area contributed by atoms with Crippen LogP contribution in [0, 0.1) is 0 Å². The number of nitrogens with one attached hydrogen (secondary N) is 1. The topological polar surface area (TPSA) is 87.3 Å². The Bertz CT molecular complexity index is 440. The van der Waals surface area contributed by atoms with Crippen LogP contribution in [-0.2, 0) is 6.42 Å². The van der Waals surface area contributed by atoms with E-state index in [4.69, 9.17) is 5.73 Å². The molecule has 1 aliphatic rings. The molecule has 1 aromatic heterocycles. The van der Waals surface area contributed by atoms with Gasteiger partial charge in [-0.1, -0.05) is 13.3 Å². The van der Waals surface area contributed by atoms with Crippen molar-refractivity contribution >= 4 is 11.8 Å². The molecule has 0 unspecified atom stereocenters. The Morgan fingerprint density at radius 1 is 1.48 bits per heavy atom. The molecule has 118 valence electrons. The molecule has 1 saturated heterocycles. The second-order valence-corrected chi connectivity index (χ2v) is 5.60. The lowest BCUT2D eigenvalue weighted by atomic mass is 10.0. The molecule has 0 radical (unpaired) electrons. The van der Waals surface area contributed by atoms with Gasteiger partial charge in [-0.15, -0.1) is 0 Å². The van der Waals surface area contributed by atoms with Gasteiger partial charge in [0.2, 0.25) is 5.95 Å². The summed E-state index contributed by atoms with van der Waals surface area (Å²) in [6.07, 6.45) is 7.31. The summed E-state index contributed by atoms with van der Waals surface area (Å²) < 4.78 is 0. The lowest BCUT2D eigenvalue weighted by Gasteiger charge is -2.34. The molecule has 6 heteroatoms. The molecule has 1 atom stereocenters. The van der Waals surface area contributed by atoms with Crippen LogP contribution in [0.25, 0.3) is 0 Å². The predicted octanol–water partition coefficient (Wildman–Crippen LogP) is 1.27. The van der Waals surface area contributed by atoms with Gasteiger partial charge in [-0.2, -0.15) is 4.98 Å². The average Bonchev–Trinajstić information content (AvgIpc) is 2.52. The Balaban J connectivity index is 1.78. The molecule has 0 aromatic carbocycles. The zero-order chi connectivity index (χ0) is 15.1. The minimum absolute atomic E-state index is 0.274. The fraction of sp³-hybridized carbons (Fsp3) is 0.733. The van der Waals surface area contributed by atoms with Gasteiger partial charge in [0.25, 0.3) is 0 Å². The summed E-state index contributed by atoms with van der Waals surface area (Å²) in [6, 6.07) is 0.347. The third-order valence-electron chi connectivity index (χ3n) is 4.14. The summed E-state index contributed by atoms with van der Waals surface area (Å²) in [7, 11) is 0. The normalized spacial score (nSPS) is 19.6. The third kappa shape index (κ3) is 4.54. The van der Waals surface area contributed by atoms with Gasteiger partial charge in [0.05, 0.1) is 6.61 Å². The Morgan fingerprint density at radius 3 is 3.10 bits per heavy atom. The van der Waals surface area contributed by atoms with Crippen LogP contribution in [-0.4, -0.2) is 52.3 Å². The number of anilines is 2. The number of aliphatic hydroxyl groups excluding tert-OH is 1. The van der Waals surface area contributed by atoms with E-state index in [2.05, 4.69) is 27.1 Å². The Kier molecular flexibility index (Phi) is 6.20. The number of nitrogen functional groups attached to an aromatic ring is 1. The minimum atomic E-state index is 0.274. The van der Waals surface area contributed by atoms with E-state index in [0.29, 0.717) is 12.0 Å². The fourth-order valence-electron chi connectivity index (χ4n) is 2.88. The predicted molar refractivity (Wildman–Crippen MR) is 85.2 cm³/mol. The van der Waals surface area contributed by atoms with E-state index in [1.54, 1.807) is 6.20 Å². The van der Waals surface area contributed by atoms with E-state index in [0.717, 1.165) is 50.3 Å². The molecule has 1 aromatic rings. The first-order valence-electron chi connectivity index (χ1n) is 7.94. The van der Waals surface area contributed by atoms with Crippen LogP contribution in [0.3, 0.4) is 0 Å². The number of likely N-dealkylation sites (tertiary alicyclic amines) is 1. The van der Waals surface area contributed by atoms with Gasteiger partial charge in [-0.3, -0.25) is 4.90 Å². The Morgan fingerprint density at radius 2 is 2.33 bits per heavy atom. The minimum Gasteiger partial charge on any atom is -0.395 e. The molecule has 1 fully saturated rings. The highest BCUT2D eigenvalue weighted by Crippen LogP contribution is 2.17. The largest absolute Gasteiger partial charge is 0.395 e. The van der Waals surface area contributed by atoms with E-state index in [9.17, 15) is 5.11 Å². The lowest BCUT2D eigenvalue weighted by Crippen LogP contribution is -2.42. The highest BCUT2D eigenvalue weighted by Gasteiger charge is 2.20. The molecule has 21 heavy (non-hydrogen) atoms. The number of piperidine rings is 1. The zero-order valence-corrected chi connectivity index (χ0v) is 12.9. The van der Waals surface area contributed by atoms with Crippen LogP contribution in [0.4, 0.5) is 11.8 Å². The highest BCUT2D eigenvalue weighted by molar-refractivity contribution is 5.45. The summed E-state index contributed by atoms with van der Waals surface area (Å²) >= 11 is 0. The molecule has 0 amide bonds. The number of aliphatic hydroxyl groups is 1. The summed E-state index contributed by atoms with van der Waals surface area (Å²) in [5.41, 5.74) is 6.73. The van der Waals surface area contributed by atoms with Crippen molar-refractivity contribution in [3.63, 3.8) is 0 Å². The number of nitrogens with zero attached hydrogens (tertiary/aromatic N) is 3. The summed E-state index contributed by atoms with van der Waals surface area (Å²) in [4.78, 5) is 10.7. The number of aromatic nitrogens is 2. The molecule has 1 aliphatic heterocycles. The van der Waals surface area contributed by atoms with Gasteiger partial charge in [0.15, 0.2) is 0 Å². The van der Waals surface area contributed by atoms with Gasteiger partial charge in [-0.05, 0) is 32.2 Å². The van der Waals surface area contributed by atoms with E-state index < -0.39 is 0 Å². The number of rotatable bonds is 7. The molecule has 0 spiro atoms. The van der Waals surface area contributed by atoms with E-state index in [1.807, 2.05) is 0 Å². The van der Waals surface area contributed by atoms with Gasteiger partial charge in [-0.25, -0.2) is 4.98 Å². The Labute approximate surface area is 126 Å². The van der Waals surface area contributed by atoms with Crippen molar-refractivity contribution in [1.82, 2.24) is 14.9 Å². The second-order valence-electron chi connectivity index (χ2n) is 5.60. The van der Waals surface area contributed by atoms with Crippen molar-refractivity contribution in [2.45, 2.75) is 45.1 Å². The monoisotopic (exact) mass is 293 g/mol. The van der Waals surface area contributed by atoms with Crippen LogP contribution >= 0.6 is 0 Å². The maximum atomic E-state index is 9.41. The van der Waals surface area contributed by atoms with Gasteiger partial charge in [0, 0.05) is 30.9 Å². The molecular weight excluding hydrogens is 266 g/mol. The molecule has 2 heterocycles. The first-order chi connectivity index (χ1) is 10.2. The second kappa shape index (κ2) is 8.14. The lowest BCUT2D eigenvalue weighted by molar-refractivity contribution is 0.0901. The number of nitrogens with two attached hydrogens (primary N) is 1. The van der Waals surface area contributed by atoms with Crippen LogP contribution < -0.4 is 11.1 Å². The summed E-state index contributed by atoms with van der Waals surface area (Å²) in [5, 5.41) is 12.8. The van der Waals surface area contributed by atoms with Crippen molar-refractivity contribution in [3.8, 4) is 0 Å². The third-order valence-corrected chi connectivity index (χ3v) is 4.14. The molecule has 0 aliphatic carbocycles. The van der Waals surface area contributed by atoms with Crippen molar-refractivity contribution < 1.29 is 5.11 Å². The quantitative estimate of drug-likeness (QED) is 0.656. The standard InChI is InChI=1S/C15H27N5O/c1-2-12-10-18-15(16)19-14(12)17-7-5-9-20-8-4-3-6-13(20)11-21/h10,13,21H,2-9,11H2,1H3,(H3,16,17,18,19)/t13-/m0/s1. The average molecular weight is 293 g/mol. The smallest absolute Gasteiger partial charge is 0.221 e. The van der Waals surface area contributed by atoms with Crippen molar-refractivity contribution in [3.05, 3.63) is 11.8 Å². The molecule has 0 bridgehead atoms. The van der Waals surface area contributed by atoms with E-state index in [-0.39, 0.29) is 6.61 Å². The first-order valence-corrected chi connectivity index (χ1v) is 7.94. The molecular formula is C15H27N5O. The van der Waals surface area contributed by atoms with Crippen molar-refractivity contribution in [2.75, 3.05) is 37.3 Å². The molecule has 2 rings (SSSR count). The Hall–Kier alpha value is -1.40. The van der Waals surface area contributed by atoms with E-state index >= 15 is 0 Å². The maximum absolute atomic E-state index is 9.41. The number of aryl methyl sites for hydroxylation is 1.